The third kappa shape index (κ3) is 4.74. The van der Waals surface area contributed by atoms with Crippen molar-refractivity contribution < 1.29 is 29.7 Å². The van der Waals surface area contributed by atoms with Gasteiger partial charge in [-0.05, 0) is 30.5 Å². The fraction of sp³-hybridized carbons (Fsp3) is 0.381. The number of aryl methyl sites for hydroxylation is 1. The van der Waals surface area contributed by atoms with Crippen LogP contribution in [0, 0.1) is 0 Å². The number of nitrogens with two attached hydrogens (primary N) is 1. The molecule has 1 fully saturated rings. The van der Waals surface area contributed by atoms with Crippen LogP contribution in [0.4, 0.5) is 5.82 Å². The average molecular weight is 459 g/mol. The number of ether oxygens (including phenoxy) is 2. The van der Waals surface area contributed by atoms with E-state index >= 15 is 0 Å². The van der Waals surface area contributed by atoms with Crippen molar-refractivity contribution >= 4 is 22.7 Å². The number of nitrogens with zero attached hydrogens (tertiary/aromatic N) is 2. The highest BCUT2D eigenvalue weighted by Gasteiger charge is 2.44. The number of aromatic nitrogens is 3. The number of fused-ring (bicyclic) bond motifs is 1. The summed E-state index contributed by atoms with van der Waals surface area (Å²) in [6, 6.07) is 8.21. The Labute approximate surface area is 187 Å². The Morgan fingerprint density at radius 2 is 2.09 bits per heavy atom. The monoisotopic (exact) mass is 459 g/mol. The molecule has 2 aromatic heterocycles. The van der Waals surface area contributed by atoms with E-state index in [1.165, 1.54) is 12.3 Å². The quantitative estimate of drug-likeness (QED) is 0.192. The fourth-order valence-corrected chi connectivity index (χ4v) is 3.80. The summed E-state index contributed by atoms with van der Waals surface area (Å²) < 4.78 is 11.7. The van der Waals surface area contributed by atoms with E-state index in [1.54, 1.807) is 5.48 Å². The number of carbonyl (C=O) groups is 1. The number of esters is 1. The minimum absolute atomic E-state index is 0.0867. The largest absolute Gasteiger partial charge is 0.462 e. The maximum atomic E-state index is 12.3. The van der Waals surface area contributed by atoms with E-state index in [2.05, 4.69) is 9.97 Å². The van der Waals surface area contributed by atoms with E-state index in [9.17, 15) is 19.8 Å². The molecule has 12 nitrogen and oxygen atoms in total. The maximum Gasteiger partial charge on any atom is 0.351 e. The van der Waals surface area contributed by atoms with Gasteiger partial charge in [-0.2, -0.15) is 4.98 Å². The van der Waals surface area contributed by atoms with Gasteiger partial charge in [0, 0.05) is 23.3 Å². The van der Waals surface area contributed by atoms with Gasteiger partial charge in [0.25, 0.3) is 0 Å². The van der Waals surface area contributed by atoms with Crippen LogP contribution in [-0.2, 0) is 20.7 Å². The molecular formula is C21H25N5O7. The second-order valence-corrected chi connectivity index (χ2v) is 7.80. The fourth-order valence-electron chi connectivity index (χ4n) is 3.80. The van der Waals surface area contributed by atoms with Gasteiger partial charge in [0.05, 0.1) is 0 Å². The van der Waals surface area contributed by atoms with Crippen molar-refractivity contribution in [2.45, 2.75) is 43.4 Å². The Balaban J connectivity index is 1.31. The Morgan fingerprint density at radius 3 is 2.85 bits per heavy atom. The van der Waals surface area contributed by atoms with Crippen LogP contribution in [0.3, 0.4) is 0 Å². The van der Waals surface area contributed by atoms with Crippen molar-refractivity contribution in [3.8, 4) is 0 Å². The van der Waals surface area contributed by atoms with Gasteiger partial charge in [-0.25, -0.2) is 4.79 Å². The van der Waals surface area contributed by atoms with Crippen molar-refractivity contribution in [2.24, 2.45) is 5.73 Å². The molecule has 0 aliphatic carbocycles. The number of aliphatic hydroxyl groups is 2. The molecule has 1 aliphatic rings. The number of nitrogens with one attached hydrogen (secondary N) is 2. The van der Waals surface area contributed by atoms with Crippen molar-refractivity contribution in [2.75, 3.05) is 12.1 Å². The van der Waals surface area contributed by atoms with Crippen LogP contribution >= 0.6 is 0 Å². The summed E-state index contributed by atoms with van der Waals surface area (Å²) in [6.07, 6.45) is -1.14. The minimum atomic E-state index is -1.46. The molecule has 3 heterocycles. The molecule has 1 saturated heterocycles. The number of aromatic amines is 1. The van der Waals surface area contributed by atoms with Crippen LogP contribution < -0.4 is 16.9 Å². The Bertz CT molecular complexity index is 1180. The highest BCUT2D eigenvalue weighted by Crippen LogP contribution is 2.28. The van der Waals surface area contributed by atoms with E-state index in [4.69, 9.17) is 20.4 Å². The molecule has 3 aromatic rings. The minimum Gasteiger partial charge on any atom is -0.462 e. The normalized spacial score (nSPS) is 23.5. The number of aliphatic hydroxyl groups excluding tert-OH is 2. The molecule has 0 bridgehead atoms. The molecule has 4 rings (SSSR count). The van der Waals surface area contributed by atoms with Crippen LogP contribution in [0.2, 0.25) is 0 Å². The van der Waals surface area contributed by atoms with Crippen molar-refractivity contribution in [3.05, 3.63) is 58.8 Å². The molecule has 1 aliphatic heterocycles. The topological polar surface area (TPSA) is 185 Å². The van der Waals surface area contributed by atoms with Crippen LogP contribution in [-0.4, -0.2) is 66.9 Å². The summed E-state index contributed by atoms with van der Waals surface area (Å²) in [5.74, 6) is -0.753. The zero-order chi connectivity index (χ0) is 23.5. The first-order valence-corrected chi connectivity index (χ1v) is 10.4. The molecule has 0 spiro atoms. The smallest absolute Gasteiger partial charge is 0.351 e. The predicted octanol–water partition coefficient (Wildman–Crippen LogP) is -0.352. The van der Waals surface area contributed by atoms with Gasteiger partial charge in [-0.15, -0.1) is 0 Å². The predicted molar refractivity (Wildman–Crippen MR) is 115 cm³/mol. The van der Waals surface area contributed by atoms with Gasteiger partial charge in [0.1, 0.15) is 31.0 Å². The maximum absolute atomic E-state index is 12.3. The number of hydrogen-bond acceptors (Lipinski definition) is 10. The van der Waals surface area contributed by atoms with Crippen molar-refractivity contribution in [3.63, 3.8) is 0 Å². The van der Waals surface area contributed by atoms with Gasteiger partial charge >= 0.3 is 11.7 Å². The van der Waals surface area contributed by atoms with Gasteiger partial charge < -0.3 is 30.4 Å². The van der Waals surface area contributed by atoms with Gasteiger partial charge in [0.15, 0.2) is 12.0 Å². The third-order valence-corrected chi connectivity index (χ3v) is 5.65. The number of rotatable bonds is 8. The second-order valence-electron chi connectivity index (χ2n) is 7.80. The summed E-state index contributed by atoms with van der Waals surface area (Å²) in [6.45, 7) is -0.354. The molecule has 5 atom stereocenters. The van der Waals surface area contributed by atoms with E-state index in [0.29, 0.717) is 12.8 Å². The van der Waals surface area contributed by atoms with Gasteiger partial charge in [-0.1, -0.05) is 18.2 Å². The van der Waals surface area contributed by atoms with E-state index in [1.807, 2.05) is 30.5 Å². The zero-order valence-corrected chi connectivity index (χ0v) is 17.5. The molecule has 0 saturated carbocycles. The average Bonchev–Trinajstić information content (AvgIpc) is 3.36. The number of H-pyrrole nitrogens is 1. The van der Waals surface area contributed by atoms with Crippen LogP contribution in [0.1, 0.15) is 18.2 Å². The summed E-state index contributed by atoms with van der Waals surface area (Å²) >= 11 is 0. The van der Waals surface area contributed by atoms with Gasteiger partial charge in [-0.3, -0.25) is 20.0 Å². The Hall–Kier alpha value is -3.29. The number of anilines is 1. The van der Waals surface area contributed by atoms with E-state index in [0.717, 1.165) is 21.0 Å². The Morgan fingerprint density at radius 1 is 1.30 bits per heavy atom. The summed E-state index contributed by atoms with van der Waals surface area (Å²) in [4.78, 5) is 31.1. The first kappa shape index (κ1) is 22.9. The molecule has 33 heavy (non-hydrogen) atoms. The lowest BCUT2D eigenvalue weighted by atomic mass is 10.0. The Kier molecular flexibility index (Phi) is 6.72. The van der Waals surface area contributed by atoms with Crippen LogP contribution in [0.15, 0.2) is 47.5 Å². The van der Waals surface area contributed by atoms with Crippen LogP contribution in [0.5, 0.6) is 0 Å². The van der Waals surface area contributed by atoms with E-state index in [-0.39, 0.29) is 12.4 Å². The number of hydrogen-bond donors (Lipinski definition) is 6. The summed E-state index contributed by atoms with van der Waals surface area (Å²) in [7, 11) is 0. The number of carbonyl (C=O) groups excluding carboxylic acids is 1. The zero-order valence-electron chi connectivity index (χ0n) is 17.5. The first-order valence-electron chi connectivity index (χ1n) is 10.4. The molecule has 0 radical (unpaired) electrons. The third-order valence-electron chi connectivity index (χ3n) is 5.65. The van der Waals surface area contributed by atoms with Crippen LogP contribution in [0.25, 0.3) is 10.9 Å². The number of benzene rings is 1. The number of para-hydroxylation sites is 1. The first-order chi connectivity index (χ1) is 15.9. The lowest BCUT2D eigenvalue weighted by molar-refractivity contribution is -0.151. The highest BCUT2D eigenvalue weighted by molar-refractivity contribution is 5.83. The van der Waals surface area contributed by atoms with E-state index < -0.39 is 42.2 Å². The van der Waals surface area contributed by atoms with Crippen molar-refractivity contribution in [1.82, 2.24) is 14.5 Å². The molecule has 12 heteroatoms. The standard InChI is InChI=1S/C21H25N5O7/c22-13(6-5-11-9-23-14-4-2-1-3-12(11)14)20(29)32-10-15-17(27)18(28)19(33-15)26-8-7-16(25-31)24-21(26)30/h1-4,7-9,13,15,17-19,23,27-28,31H,5-6,10,22H2,(H,24,25,30)/t13-,15-,17-,18-,19-/m1/s1. The molecule has 1 aromatic carbocycles. The summed E-state index contributed by atoms with van der Waals surface area (Å²) in [5.41, 5.74) is 8.93. The summed E-state index contributed by atoms with van der Waals surface area (Å²) in [5, 5.41) is 30.4. The second kappa shape index (κ2) is 9.68. The molecular weight excluding hydrogens is 434 g/mol. The highest BCUT2D eigenvalue weighted by atomic mass is 16.6. The molecule has 176 valence electrons. The van der Waals surface area contributed by atoms with Crippen molar-refractivity contribution in [1.29, 1.82) is 0 Å². The van der Waals surface area contributed by atoms with Gasteiger partial charge in [0.2, 0.25) is 0 Å². The molecule has 0 amide bonds. The lowest BCUT2D eigenvalue weighted by Crippen LogP contribution is -2.38. The molecule has 0 unspecified atom stereocenters. The SMILES string of the molecule is N[C@H](CCc1c[nH]c2ccccc12)C(=O)OC[C@H]1O[C@@H](n2ccc(NO)nc2=O)[C@H](O)[C@@H]1O. The lowest BCUT2D eigenvalue weighted by Gasteiger charge is -2.17. The molecule has 7 N–H and O–H groups in total.